The molecule has 1 aromatic heterocycles. The predicted octanol–water partition coefficient (Wildman–Crippen LogP) is 1.37. The van der Waals surface area contributed by atoms with Crippen LogP contribution in [-0.4, -0.2) is 44.7 Å². The van der Waals surface area contributed by atoms with Gasteiger partial charge in [-0.1, -0.05) is 0 Å². The first-order chi connectivity index (χ1) is 8.97. The van der Waals surface area contributed by atoms with Crippen LogP contribution in [0.15, 0.2) is 10.5 Å². The first kappa shape index (κ1) is 15.2. The van der Waals surface area contributed by atoms with E-state index in [0.717, 1.165) is 0 Å². The van der Waals surface area contributed by atoms with Gasteiger partial charge in [0.15, 0.2) is 0 Å². The molecule has 6 heteroatoms. The fraction of sp³-hybridized carbons (Fsp3) is 0.538. The number of methoxy groups -OCH3 is 2. The Hall–Kier alpha value is -1.82. The van der Waals surface area contributed by atoms with E-state index in [1.165, 1.54) is 14.2 Å². The number of hydrogen-bond donors (Lipinski definition) is 0. The molecule has 106 valence electrons. The van der Waals surface area contributed by atoms with Gasteiger partial charge in [0.1, 0.15) is 17.1 Å². The van der Waals surface area contributed by atoms with Crippen LogP contribution in [0.2, 0.25) is 0 Å². The van der Waals surface area contributed by atoms with Crippen LogP contribution < -0.4 is 0 Å². The molecule has 0 atom stereocenters. The summed E-state index contributed by atoms with van der Waals surface area (Å²) >= 11 is 0. The van der Waals surface area contributed by atoms with Gasteiger partial charge in [-0.15, -0.1) is 0 Å². The van der Waals surface area contributed by atoms with Gasteiger partial charge in [-0.2, -0.15) is 0 Å². The molecule has 1 aromatic rings. The van der Waals surface area contributed by atoms with Crippen molar-refractivity contribution in [2.45, 2.75) is 19.9 Å². The maximum atomic E-state index is 11.4. The highest BCUT2D eigenvalue weighted by molar-refractivity contribution is 5.90. The molecule has 0 aromatic carbocycles. The van der Waals surface area contributed by atoms with Crippen molar-refractivity contribution in [1.82, 2.24) is 4.90 Å². The second-order valence-corrected chi connectivity index (χ2v) is 4.24. The second-order valence-electron chi connectivity index (χ2n) is 4.24. The third-order valence-corrected chi connectivity index (χ3v) is 2.73. The Morgan fingerprint density at radius 2 is 2.00 bits per heavy atom. The minimum Gasteiger partial charge on any atom is -0.469 e. The summed E-state index contributed by atoms with van der Waals surface area (Å²) in [5.41, 5.74) is 0.430. The van der Waals surface area contributed by atoms with Crippen LogP contribution >= 0.6 is 0 Å². The average Bonchev–Trinajstić information content (AvgIpc) is 2.75. The smallest absolute Gasteiger partial charge is 0.341 e. The highest BCUT2D eigenvalue weighted by atomic mass is 16.5. The van der Waals surface area contributed by atoms with Crippen molar-refractivity contribution in [3.63, 3.8) is 0 Å². The Labute approximate surface area is 112 Å². The van der Waals surface area contributed by atoms with Crippen molar-refractivity contribution < 1.29 is 23.5 Å². The van der Waals surface area contributed by atoms with Crippen molar-refractivity contribution in [2.24, 2.45) is 0 Å². The largest absolute Gasteiger partial charge is 0.469 e. The molecule has 0 fully saturated rings. The standard InChI is InChI=1S/C13H19NO5/c1-9-11(13(16)18-4)7-10(19-9)8-14(2)6-5-12(15)17-3/h7H,5-6,8H2,1-4H3. The van der Waals surface area contributed by atoms with Gasteiger partial charge in [0.05, 0.1) is 27.2 Å². The summed E-state index contributed by atoms with van der Waals surface area (Å²) in [6.45, 7) is 2.78. The molecule has 0 aliphatic heterocycles. The van der Waals surface area contributed by atoms with E-state index in [2.05, 4.69) is 9.47 Å². The number of esters is 2. The van der Waals surface area contributed by atoms with Gasteiger partial charge in [0, 0.05) is 6.54 Å². The maximum absolute atomic E-state index is 11.4. The first-order valence-electron chi connectivity index (χ1n) is 5.91. The van der Waals surface area contributed by atoms with Gasteiger partial charge in [0.2, 0.25) is 0 Å². The summed E-state index contributed by atoms with van der Waals surface area (Å²) in [5, 5.41) is 0. The maximum Gasteiger partial charge on any atom is 0.341 e. The third-order valence-electron chi connectivity index (χ3n) is 2.73. The lowest BCUT2D eigenvalue weighted by Crippen LogP contribution is -2.21. The van der Waals surface area contributed by atoms with Crippen LogP contribution in [0.1, 0.15) is 28.3 Å². The number of carbonyl (C=O) groups is 2. The highest BCUT2D eigenvalue weighted by Gasteiger charge is 2.16. The summed E-state index contributed by atoms with van der Waals surface area (Å²) < 4.78 is 14.7. The van der Waals surface area contributed by atoms with E-state index in [9.17, 15) is 9.59 Å². The van der Waals surface area contributed by atoms with Crippen LogP contribution in [0.4, 0.5) is 0 Å². The van der Waals surface area contributed by atoms with Gasteiger partial charge >= 0.3 is 11.9 Å². The quantitative estimate of drug-likeness (QED) is 0.726. The highest BCUT2D eigenvalue weighted by Crippen LogP contribution is 2.16. The van der Waals surface area contributed by atoms with E-state index >= 15 is 0 Å². The summed E-state index contributed by atoms with van der Waals surface area (Å²) in [4.78, 5) is 24.4. The Kier molecular flexibility index (Phi) is 5.57. The fourth-order valence-electron chi connectivity index (χ4n) is 1.66. The van der Waals surface area contributed by atoms with Gasteiger partial charge < -0.3 is 13.9 Å². The number of rotatable bonds is 6. The van der Waals surface area contributed by atoms with E-state index in [4.69, 9.17) is 4.42 Å². The summed E-state index contributed by atoms with van der Waals surface area (Å²) in [6.07, 6.45) is 0.316. The van der Waals surface area contributed by atoms with Crippen LogP contribution in [0.5, 0.6) is 0 Å². The number of furan rings is 1. The molecule has 19 heavy (non-hydrogen) atoms. The second kappa shape index (κ2) is 6.94. The summed E-state index contributed by atoms with van der Waals surface area (Å²) in [7, 11) is 4.55. The minimum absolute atomic E-state index is 0.252. The van der Waals surface area contributed by atoms with Crippen molar-refractivity contribution in [3.8, 4) is 0 Å². The van der Waals surface area contributed by atoms with Crippen LogP contribution in [0, 0.1) is 6.92 Å². The Balaban J connectivity index is 2.57. The van der Waals surface area contributed by atoms with Crippen molar-refractivity contribution in [3.05, 3.63) is 23.2 Å². The lowest BCUT2D eigenvalue weighted by atomic mass is 10.2. The minimum atomic E-state index is -0.412. The molecule has 0 aliphatic carbocycles. The lowest BCUT2D eigenvalue weighted by molar-refractivity contribution is -0.140. The van der Waals surface area contributed by atoms with Gasteiger partial charge in [-0.25, -0.2) is 4.79 Å². The molecule has 0 aliphatic rings. The zero-order valence-electron chi connectivity index (χ0n) is 11.7. The van der Waals surface area contributed by atoms with E-state index in [1.54, 1.807) is 13.0 Å². The monoisotopic (exact) mass is 269 g/mol. The molecule has 0 N–H and O–H groups in total. The van der Waals surface area contributed by atoms with Gasteiger partial charge in [-0.05, 0) is 20.0 Å². The molecule has 0 spiro atoms. The molecule has 0 saturated carbocycles. The first-order valence-corrected chi connectivity index (χ1v) is 5.91. The molecular weight excluding hydrogens is 250 g/mol. The molecule has 1 heterocycles. The third kappa shape index (κ3) is 4.40. The SMILES string of the molecule is COC(=O)CCN(C)Cc1cc(C(=O)OC)c(C)o1. The zero-order chi connectivity index (χ0) is 14.4. The number of carbonyl (C=O) groups excluding carboxylic acids is 2. The van der Waals surface area contributed by atoms with Crippen LogP contribution in [0.25, 0.3) is 0 Å². The number of aryl methyl sites for hydroxylation is 1. The fourth-order valence-corrected chi connectivity index (χ4v) is 1.66. The van der Waals surface area contributed by atoms with Crippen molar-refractivity contribution >= 4 is 11.9 Å². The summed E-state index contributed by atoms with van der Waals surface area (Å²) in [5.74, 6) is 0.524. The molecule has 0 unspecified atom stereocenters. The normalized spacial score (nSPS) is 10.6. The predicted molar refractivity (Wildman–Crippen MR) is 67.8 cm³/mol. The van der Waals surface area contributed by atoms with Crippen LogP contribution in [-0.2, 0) is 20.8 Å². The van der Waals surface area contributed by atoms with E-state index < -0.39 is 5.97 Å². The van der Waals surface area contributed by atoms with E-state index in [1.807, 2.05) is 11.9 Å². The van der Waals surface area contributed by atoms with Crippen molar-refractivity contribution in [2.75, 3.05) is 27.8 Å². The molecule has 0 bridgehead atoms. The number of ether oxygens (including phenoxy) is 2. The molecule has 6 nitrogen and oxygen atoms in total. The Morgan fingerprint density at radius 3 is 2.58 bits per heavy atom. The number of hydrogen-bond acceptors (Lipinski definition) is 6. The topological polar surface area (TPSA) is 69.0 Å². The average molecular weight is 269 g/mol. The lowest BCUT2D eigenvalue weighted by Gasteiger charge is -2.13. The Bertz CT molecular complexity index is 452. The van der Waals surface area contributed by atoms with Crippen LogP contribution in [0.3, 0.4) is 0 Å². The Morgan fingerprint density at radius 1 is 1.32 bits per heavy atom. The molecular formula is C13H19NO5. The number of nitrogens with zero attached hydrogens (tertiary/aromatic N) is 1. The molecule has 0 amide bonds. The zero-order valence-corrected chi connectivity index (χ0v) is 11.7. The van der Waals surface area contributed by atoms with Crippen molar-refractivity contribution in [1.29, 1.82) is 0 Å². The molecule has 0 saturated heterocycles. The van der Waals surface area contributed by atoms with E-state index in [0.29, 0.717) is 36.6 Å². The summed E-state index contributed by atoms with van der Waals surface area (Å²) in [6, 6.07) is 1.66. The molecule has 0 radical (unpaired) electrons. The molecule has 1 rings (SSSR count). The van der Waals surface area contributed by atoms with Gasteiger partial charge in [0.25, 0.3) is 0 Å². The van der Waals surface area contributed by atoms with E-state index in [-0.39, 0.29) is 5.97 Å². The van der Waals surface area contributed by atoms with Gasteiger partial charge in [-0.3, -0.25) is 9.69 Å².